The molecule has 0 unspecified atom stereocenters. The molecule has 15 heavy (non-hydrogen) atoms. The summed E-state index contributed by atoms with van der Waals surface area (Å²) in [6, 6.07) is 5.39. The number of hydrogen-bond acceptors (Lipinski definition) is 2. The van der Waals surface area contributed by atoms with Gasteiger partial charge < -0.3 is 4.98 Å². The molecule has 0 saturated carbocycles. The Bertz CT molecular complexity index is 507. The molecule has 0 radical (unpaired) electrons. The summed E-state index contributed by atoms with van der Waals surface area (Å²) in [4.78, 5) is 18.2. The zero-order valence-corrected chi connectivity index (χ0v) is 8.66. The number of rotatable bonds is 2. The summed E-state index contributed by atoms with van der Waals surface area (Å²) in [6.45, 7) is 0. The molecule has 0 aliphatic carbocycles. The normalized spacial score (nSPS) is 10.2. The zero-order valence-electron chi connectivity index (χ0n) is 7.90. The average Bonchev–Trinajstić information content (AvgIpc) is 2.29. The second-order valence-electron chi connectivity index (χ2n) is 3.08. The molecule has 0 fully saturated rings. The van der Waals surface area contributed by atoms with Crippen LogP contribution in [0, 0.1) is 0 Å². The van der Waals surface area contributed by atoms with Crippen LogP contribution in [0.4, 0.5) is 0 Å². The standard InChI is InChI=1S/C11H9ClN2O/c12-7-9-3-6-14-11(15)10(9)8-1-4-13-5-2-8/h1-6H,7H2,(H,14,15). The maximum absolute atomic E-state index is 11.7. The third-order valence-corrected chi connectivity index (χ3v) is 2.45. The third-order valence-electron chi connectivity index (χ3n) is 2.16. The minimum absolute atomic E-state index is 0.126. The fraction of sp³-hybridized carbons (Fsp3) is 0.0909. The van der Waals surface area contributed by atoms with Gasteiger partial charge in [-0.3, -0.25) is 9.78 Å². The quantitative estimate of drug-likeness (QED) is 0.789. The van der Waals surface area contributed by atoms with Gasteiger partial charge in [0.2, 0.25) is 0 Å². The van der Waals surface area contributed by atoms with Crippen molar-refractivity contribution in [1.82, 2.24) is 9.97 Å². The number of aromatic nitrogens is 2. The van der Waals surface area contributed by atoms with Gasteiger partial charge in [-0.15, -0.1) is 11.6 Å². The van der Waals surface area contributed by atoms with Crippen molar-refractivity contribution in [3.05, 3.63) is 52.7 Å². The maximum Gasteiger partial charge on any atom is 0.256 e. The molecule has 0 bridgehead atoms. The predicted octanol–water partition coefficient (Wildman–Crippen LogP) is 2.18. The second kappa shape index (κ2) is 4.28. The summed E-state index contributed by atoms with van der Waals surface area (Å²) in [5.41, 5.74) is 2.16. The molecule has 76 valence electrons. The zero-order chi connectivity index (χ0) is 10.7. The molecule has 0 aliphatic heterocycles. The van der Waals surface area contributed by atoms with Crippen molar-refractivity contribution >= 4 is 11.6 Å². The number of nitrogens with one attached hydrogen (secondary N) is 1. The minimum Gasteiger partial charge on any atom is -0.329 e. The first-order valence-corrected chi connectivity index (χ1v) is 5.03. The Morgan fingerprint density at radius 3 is 2.67 bits per heavy atom. The molecule has 0 saturated heterocycles. The topological polar surface area (TPSA) is 45.8 Å². The number of halogens is 1. The first-order chi connectivity index (χ1) is 7.33. The van der Waals surface area contributed by atoms with E-state index in [1.165, 1.54) is 0 Å². The van der Waals surface area contributed by atoms with Gasteiger partial charge in [-0.2, -0.15) is 0 Å². The fourth-order valence-electron chi connectivity index (χ4n) is 1.47. The van der Waals surface area contributed by atoms with Crippen molar-refractivity contribution in [2.75, 3.05) is 0 Å². The molecule has 1 N–H and O–H groups in total. The number of H-pyrrole nitrogens is 1. The van der Waals surface area contributed by atoms with E-state index < -0.39 is 0 Å². The Hall–Kier alpha value is -1.61. The van der Waals surface area contributed by atoms with Gasteiger partial charge in [0, 0.05) is 24.5 Å². The molecule has 2 aromatic rings. The lowest BCUT2D eigenvalue weighted by Crippen LogP contribution is -2.10. The van der Waals surface area contributed by atoms with Crippen LogP contribution in [0.25, 0.3) is 11.1 Å². The number of hydrogen-bond donors (Lipinski definition) is 1. The second-order valence-corrected chi connectivity index (χ2v) is 3.34. The van der Waals surface area contributed by atoms with Gasteiger partial charge >= 0.3 is 0 Å². The van der Waals surface area contributed by atoms with Crippen molar-refractivity contribution in [3.63, 3.8) is 0 Å². The maximum atomic E-state index is 11.7. The van der Waals surface area contributed by atoms with Gasteiger partial charge in [0.1, 0.15) is 0 Å². The third kappa shape index (κ3) is 1.92. The molecule has 2 aromatic heterocycles. The fourth-order valence-corrected chi connectivity index (χ4v) is 1.69. The first-order valence-electron chi connectivity index (χ1n) is 4.50. The summed E-state index contributed by atoms with van der Waals surface area (Å²) in [5.74, 6) is 0.321. The molecule has 0 atom stereocenters. The molecule has 4 heteroatoms. The average molecular weight is 221 g/mol. The molecular weight excluding hydrogens is 212 g/mol. The van der Waals surface area contributed by atoms with Crippen LogP contribution >= 0.6 is 11.6 Å². The summed E-state index contributed by atoms with van der Waals surface area (Å²) < 4.78 is 0. The molecular formula is C11H9ClN2O. The SMILES string of the molecule is O=c1[nH]ccc(CCl)c1-c1ccncc1. The summed E-state index contributed by atoms with van der Waals surface area (Å²) in [7, 11) is 0. The van der Waals surface area contributed by atoms with Gasteiger partial charge in [0.25, 0.3) is 5.56 Å². The molecule has 0 amide bonds. The Morgan fingerprint density at radius 1 is 1.27 bits per heavy atom. The van der Waals surface area contributed by atoms with Gasteiger partial charge in [-0.1, -0.05) is 0 Å². The lowest BCUT2D eigenvalue weighted by Gasteiger charge is -2.04. The van der Waals surface area contributed by atoms with E-state index in [1.807, 2.05) is 6.07 Å². The van der Waals surface area contributed by atoms with E-state index in [2.05, 4.69) is 9.97 Å². The van der Waals surface area contributed by atoms with Crippen molar-refractivity contribution in [2.45, 2.75) is 5.88 Å². The smallest absolute Gasteiger partial charge is 0.256 e. The van der Waals surface area contributed by atoms with Crippen molar-refractivity contribution < 1.29 is 0 Å². The van der Waals surface area contributed by atoms with E-state index in [-0.39, 0.29) is 5.56 Å². The van der Waals surface area contributed by atoms with Crippen LogP contribution in [0.2, 0.25) is 0 Å². The Labute approximate surface area is 91.8 Å². The number of aromatic amines is 1. The van der Waals surface area contributed by atoms with E-state index in [4.69, 9.17) is 11.6 Å². The van der Waals surface area contributed by atoms with E-state index in [0.29, 0.717) is 11.4 Å². The Morgan fingerprint density at radius 2 is 2.00 bits per heavy atom. The molecule has 0 spiro atoms. The van der Waals surface area contributed by atoms with Crippen LogP contribution < -0.4 is 5.56 Å². The van der Waals surface area contributed by atoms with E-state index in [1.54, 1.807) is 30.7 Å². The Balaban J connectivity index is 2.67. The summed E-state index contributed by atoms with van der Waals surface area (Å²) in [5, 5.41) is 0. The molecule has 3 nitrogen and oxygen atoms in total. The summed E-state index contributed by atoms with van der Waals surface area (Å²) in [6.07, 6.45) is 4.91. The van der Waals surface area contributed by atoms with Crippen LogP contribution in [0.3, 0.4) is 0 Å². The highest BCUT2D eigenvalue weighted by molar-refractivity contribution is 6.17. The monoisotopic (exact) mass is 220 g/mol. The van der Waals surface area contributed by atoms with Crippen LogP contribution in [0.5, 0.6) is 0 Å². The van der Waals surface area contributed by atoms with Crippen molar-refractivity contribution in [2.24, 2.45) is 0 Å². The number of nitrogens with zero attached hydrogens (tertiary/aromatic N) is 1. The van der Waals surface area contributed by atoms with E-state index in [0.717, 1.165) is 11.1 Å². The summed E-state index contributed by atoms with van der Waals surface area (Å²) >= 11 is 5.79. The van der Waals surface area contributed by atoms with Gasteiger partial charge in [-0.05, 0) is 29.3 Å². The lowest BCUT2D eigenvalue weighted by molar-refractivity contribution is 1.19. The van der Waals surface area contributed by atoms with Crippen LogP contribution in [-0.2, 0) is 5.88 Å². The molecule has 0 aromatic carbocycles. The number of pyridine rings is 2. The van der Waals surface area contributed by atoms with Crippen LogP contribution in [0.15, 0.2) is 41.6 Å². The van der Waals surface area contributed by atoms with Gasteiger partial charge in [-0.25, -0.2) is 0 Å². The van der Waals surface area contributed by atoms with E-state index >= 15 is 0 Å². The largest absolute Gasteiger partial charge is 0.329 e. The Kier molecular flexibility index (Phi) is 2.83. The highest BCUT2D eigenvalue weighted by atomic mass is 35.5. The van der Waals surface area contributed by atoms with Crippen molar-refractivity contribution in [1.29, 1.82) is 0 Å². The number of alkyl halides is 1. The van der Waals surface area contributed by atoms with E-state index in [9.17, 15) is 4.79 Å². The van der Waals surface area contributed by atoms with Crippen LogP contribution in [-0.4, -0.2) is 9.97 Å². The minimum atomic E-state index is -0.126. The predicted molar refractivity (Wildman–Crippen MR) is 59.9 cm³/mol. The van der Waals surface area contributed by atoms with Gasteiger partial charge in [0.15, 0.2) is 0 Å². The molecule has 2 rings (SSSR count). The molecule has 2 heterocycles. The highest BCUT2D eigenvalue weighted by Crippen LogP contribution is 2.19. The lowest BCUT2D eigenvalue weighted by atomic mass is 10.0. The van der Waals surface area contributed by atoms with Crippen molar-refractivity contribution in [3.8, 4) is 11.1 Å². The van der Waals surface area contributed by atoms with Crippen LogP contribution in [0.1, 0.15) is 5.56 Å². The highest BCUT2D eigenvalue weighted by Gasteiger charge is 2.07. The first kappa shape index (κ1) is 9.93. The van der Waals surface area contributed by atoms with Gasteiger partial charge in [0.05, 0.1) is 5.56 Å². The molecule has 0 aliphatic rings.